The van der Waals surface area contributed by atoms with E-state index in [0.717, 1.165) is 23.7 Å². The minimum atomic E-state index is 0.393. The van der Waals surface area contributed by atoms with Crippen molar-refractivity contribution < 1.29 is 0 Å². The number of aromatic nitrogens is 2. The van der Waals surface area contributed by atoms with E-state index in [-0.39, 0.29) is 0 Å². The minimum absolute atomic E-state index is 0.393. The van der Waals surface area contributed by atoms with Crippen molar-refractivity contribution in [3.63, 3.8) is 0 Å². The summed E-state index contributed by atoms with van der Waals surface area (Å²) < 4.78 is 0. The monoisotopic (exact) mass is 221 g/mol. The zero-order chi connectivity index (χ0) is 12.1. The fourth-order valence-electron chi connectivity index (χ4n) is 1.89. The molecule has 3 nitrogen and oxygen atoms in total. The molecule has 3 heteroatoms. The molecule has 0 saturated heterocycles. The first-order valence-electron chi connectivity index (χ1n) is 6.06. The molecular formula is C13H23N3. The van der Waals surface area contributed by atoms with E-state index in [2.05, 4.69) is 35.4 Å². The van der Waals surface area contributed by atoms with Crippen LogP contribution < -0.4 is 5.32 Å². The molecule has 0 aliphatic rings. The highest BCUT2D eigenvalue weighted by Gasteiger charge is 2.15. The van der Waals surface area contributed by atoms with Gasteiger partial charge in [0.1, 0.15) is 0 Å². The van der Waals surface area contributed by atoms with E-state index in [0.29, 0.717) is 6.04 Å². The second kappa shape index (κ2) is 5.94. The Hall–Kier alpha value is -0.960. The molecule has 1 aromatic heterocycles. The van der Waals surface area contributed by atoms with Gasteiger partial charge in [0, 0.05) is 6.04 Å². The van der Waals surface area contributed by atoms with Crippen LogP contribution in [0.4, 0.5) is 0 Å². The van der Waals surface area contributed by atoms with Crippen LogP contribution in [0.5, 0.6) is 0 Å². The summed E-state index contributed by atoms with van der Waals surface area (Å²) in [5.74, 6) is 0.727. The standard InChI is InChI=1S/C13H23N3/c1-6-9(2)7-13(14-5)12-8-10(3)15-16-11(12)4/h8-9,13-14H,6-7H2,1-5H3. The number of hydrogen-bond donors (Lipinski definition) is 1. The third-order valence-electron chi connectivity index (χ3n) is 3.20. The Labute approximate surface area is 98.7 Å². The molecule has 1 rings (SSSR count). The first kappa shape index (κ1) is 13.1. The van der Waals surface area contributed by atoms with Crippen LogP contribution in [0.15, 0.2) is 6.07 Å². The number of rotatable bonds is 5. The molecule has 2 atom stereocenters. The second-order valence-corrected chi connectivity index (χ2v) is 4.62. The smallest absolute Gasteiger partial charge is 0.0648 e. The molecule has 0 bridgehead atoms. The van der Waals surface area contributed by atoms with Gasteiger partial charge >= 0.3 is 0 Å². The second-order valence-electron chi connectivity index (χ2n) is 4.62. The first-order chi connectivity index (χ1) is 7.58. The van der Waals surface area contributed by atoms with Gasteiger partial charge in [-0.3, -0.25) is 0 Å². The van der Waals surface area contributed by atoms with E-state index in [1.165, 1.54) is 12.0 Å². The summed E-state index contributed by atoms with van der Waals surface area (Å²) in [6.07, 6.45) is 2.37. The molecule has 0 amide bonds. The van der Waals surface area contributed by atoms with Crippen LogP contribution in [0.25, 0.3) is 0 Å². The van der Waals surface area contributed by atoms with Crippen molar-refractivity contribution in [2.75, 3.05) is 7.05 Å². The Morgan fingerprint density at radius 1 is 1.31 bits per heavy atom. The molecular weight excluding hydrogens is 198 g/mol. The summed E-state index contributed by atoms with van der Waals surface area (Å²) in [6, 6.07) is 2.54. The summed E-state index contributed by atoms with van der Waals surface area (Å²) in [5.41, 5.74) is 3.31. The minimum Gasteiger partial charge on any atom is -0.313 e. The SMILES string of the molecule is CCC(C)CC(NC)c1cc(C)nnc1C. The Morgan fingerprint density at radius 2 is 2.00 bits per heavy atom. The predicted molar refractivity (Wildman–Crippen MR) is 67.4 cm³/mol. The average molecular weight is 221 g/mol. The molecule has 0 spiro atoms. The van der Waals surface area contributed by atoms with Crippen LogP contribution in [-0.4, -0.2) is 17.2 Å². The van der Waals surface area contributed by atoms with Crippen LogP contribution in [0.1, 0.15) is 49.7 Å². The third kappa shape index (κ3) is 3.27. The highest BCUT2D eigenvalue weighted by molar-refractivity contribution is 5.23. The number of nitrogens with one attached hydrogen (secondary N) is 1. The highest BCUT2D eigenvalue weighted by atomic mass is 15.1. The van der Waals surface area contributed by atoms with Gasteiger partial charge in [0.25, 0.3) is 0 Å². The molecule has 0 radical (unpaired) electrons. The Bertz CT molecular complexity index is 336. The first-order valence-corrected chi connectivity index (χ1v) is 6.06. The Kier molecular flexibility index (Phi) is 4.87. The van der Waals surface area contributed by atoms with Gasteiger partial charge in [-0.25, -0.2) is 0 Å². The number of nitrogens with zero attached hydrogens (tertiary/aromatic N) is 2. The fraction of sp³-hybridized carbons (Fsp3) is 0.692. The summed E-state index contributed by atoms with van der Waals surface area (Å²) >= 11 is 0. The lowest BCUT2D eigenvalue weighted by atomic mass is 9.93. The Balaban J connectivity index is 2.89. The van der Waals surface area contributed by atoms with Gasteiger partial charge in [-0.2, -0.15) is 10.2 Å². The highest BCUT2D eigenvalue weighted by Crippen LogP contribution is 2.24. The fourth-order valence-corrected chi connectivity index (χ4v) is 1.89. The molecule has 0 aliphatic carbocycles. The zero-order valence-electron chi connectivity index (χ0n) is 11.0. The average Bonchev–Trinajstić information content (AvgIpc) is 2.29. The van der Waals surface area contributed by atoms with Crippen LogP contribution in [0.2, 0.25) is 0 Å². The summed E-state index contributed by atoms with van der Waals surface area (Å²) in [6.45, 7) is 8.55. The van der Waals surface area contributed by atoms with Crippen LogP contribution in [0, 0.1) is 19.8 Å². The van der Waals surface area contributed by atoms with Crippen molar-refractivity contribution in [1.29, 1.82) is 0 Å². The van der Waals surface area contributed by atoms with E-state index >= 15 is 0 Å². The summed E-state index contributed by atoms with van der Waals surface area (Å²) in [5, 5.41) is 11.7. The molecule has 90 valence electrons. The molecule has 0 aliphatic heterocycles. The maximum atomic E-state index is 4.19. The molecule has 1 aromatic rings. The Morgan fingerprint density at radius 3 is 2.56 bits per heavy atom. The van der Waals surface area contributed by atoms with Crippen molar-refractivity contribution in [3.05, 3.63) is 23.0 Å². The van der Waals surface area contributed by atoms with E-state index in [1.807, 2.05) is 20.9 Å². The lowest BCUT2D eigenvalue weighted by Gasteiger charge is -2.21. The van der Waals surface area contributed by atoms with Crippen LogP contribution in [-0.2, 0) is 0 Å². The van der Waals surface area contributed by atoms with E-state index < -0.39 is 0 Å². The van der Waals surface area contributed by atoms with Gasteiger partial charge in [0.15, 0.2) is 0 Å². The number of hydrogen-bond acceptors (Lipinski definition) is 3. The predicted octanol–water partition coefficient (Wildman–Crippen LogP) is 2.79. The van der Waals surface area contributed by atoms with Crippen molar-refractivity contribution in [2.24, 2.45) is 5.92 Å². The molecule has 2 unspecified atom stereocenters. The molecule has 0 saturated carbocycles. The molecule has 0 aromatic carbocycles. The van der Waals surface area contributed by atoms with Crippen LogP contribution >= 0.6 is 0 Å². The molecule has 0 fully saturated rings. The van der Waals surface area contributed by atoms with Crippen LogP contribution in [0.3, 0.4) is 0 Å². The molecule has 16 heavy (non-hydrogen) atoms. The summed E-state index contributed by atoms with van der Waals surface area (Å²) in [4.78, 5) is 0. The lowest BCUT2D eigenvalue weighted by Crippen LogP contribution is -2.20. The van der Waals surface area contributed by atoms with Crippen molar-refractivity contribution in [2.45, 2.75) is 46.6 Å². The molecule has 1 N–H and O–H groups in total. The van der Waals surface area contributed by atoms with Gasteiger partial charge in [-0.05, 0) is 44.9 Å². The van der Waals surface area contributed by atoms with Gasteiger partial charge in [-0.1, -0.05) is 20.3 Å². The van der Waals surface area contributed by atoms with Gasteiger partial charge in [0.2, 0.25) is 0 Å². The maximum Gasteiger partial charge on any atom is 0.0648 e. The summed E-state index contributed by atoms with van der Waals surface area (Å²) in [7, 11) is 2.02. The third-order valence-corrected chi connectivity index (χ3v) is 3.20. The normalized spacial score (nSPS) is 14.8. The van der Waals surface area contributed by atoms with E-state index in [9.17, 15) is 0 Å². The van der Waals surface area contributed by atoms with Gasteiger partial charge in [0.05, 0.1) is 11.4 Å². The van der Waals surface area contributed by atoms with E-state index in [1.54, 1.807) is 0 Å². The van der Waals surface area contributed by atoms with E-state index in [4.69, 9.17) is 0 Å². The number of aryl methyl sites for hydroxylation is 2. The largest absolute Gasteiger partial charge is 0.313 e. The maximum absolute atomic E-state index is 4.19. The van der Waals surface area contributed by atoms with Crippen molar-refractivity contribution in [1.82, 2.24) is 15.5 Å². The topological polar surface area (TPSA) is 37.8 Å². The van der Waals surface area contributed by atoms with Crippen molar-refractivity contribution >= 4 is 0 Å². The lowest BCUT2D eigenvalue weighted by molar-refractivity contribution is 0.419. The van der Waals surface area contributed by atoms with Gasteiger partial charge in [-0.15, -0.1) is 0 Å². The van der Waals surface area contributed by atoms with Crippen molar-refractivity contribution in [3.8, 4) is 0 Å². The van der Waals surface area contributed by atoms with Gasteiger partial charge < -0.3 is 5.32 Å². The quantitative estimate of drug-likeness (QED) is 0.831. The zero-order valence-corrected chi connectivity index (χ0v) is 11.0. The molecule has 1 heterocycles.